The average molecular weight is 223 g/mol. The summed E-state index contributed by atoms with van der Waals surface area (Å²) in [5.41, 5.74) is 7.75. The van der Waals surface area contributed by atoms with E-state index in [2.05, 4.69) is 10.6 Å². The second-order valence-electron chi connectivity index (χ2n) is 4.01. The number of nitrogens with two attached hydrogens (primary N) is 1. The van der Waals surface area contributed by atoms with Gasteiger partial charge in [-0.2, -0.15) is 0 Å². The third-order valence-electron chi connectivity index (χ3n) is 2.97. The fraction of sp³-hybridized carbons (Fsp3) is 0.500. The van der Waals surface area contributed by atoms with Crippen molar-refractivity contribution in [2.45, 2.75) is 32.0 Å². The van der Waals surface area contributed by atoms with Crippen LogP contribution in [-0.4, -0.2) is 12.2 Å². The number of thiophene rings is 1. The lowest BCUT2D eigenvalue weighted by molar-refractivity contribution is 0.0936. The monoisotopic (exact) mass is 223 g/mol. The van der Waals surface area contributed by atoms with Gasteiger partial charge in [0.15, 0.2) is 6.29 Å². The zero-order valence-corrected chi connectivity index (χ0v) is 9.12. The SMILES string of the molecule is NC1NC(=O)c2c(sc3c2CCCC3)N1. The van der Waals surface area contributed by atoms with Gasteiger partial charge >= 0.3 is 0 Å². The smallest absolute Gasteiger partial charge is 0.257 e. The van der Waals surface area contributed by atoms with Crippen molar-refractivity contribution in [2.24, 2.45) is 5.73 Å². The topological polar surface area (TPSA) is 67.1 Å². The number of hydrogen-bond acceptors (Lipinski definition) is 4. The van der Waals surface area contributed by atoms with E-state index in [-0.39, 0.29) is 5.91 Å². The highest BCUT2D eigenvalue weighted by atomic mass is 32.1. The van der Waals surface area contributed by atoms with Crippen LogP contribution in [0.2, 0.25) is 0 Å². The molecule has 1 atom stereocenters. The molecule has 0 saturated carbocycles. The van der Waals surface area contributed by atoms with E-state index in [1.807, 2.05) is 0 Å². The van der Waals surface area contributed by atoms with E-state index in [1.54, 1.807) is 11.3 Å². The molecule has 0 bridgehead atoms. The number of carbonyl (C=O) groups is 1. The molecule has 1 aromatic heterocycles. The predicted molar refractivity (Wildman–Crippen MR) is 60.0 cm³/mol. The van der Waals surface area contributed by atoms with E-state index in [0.29, 0.717) is 0 Å². The van der Waals surface area contributed by atoms with Gasteiger partial charge in [0.25, 0.3) is 5.91 Å². The van der Waals surface area contributed by atoms with Gasteiger partial charge in [-0.15, -0.1) is 11.3 Å². The Bertz CT molecular complexity index is 427. The minimum atomic E-state index is -0.440. The van der Waals surface area contributed by atoms with Crippen LogP contribution in [0.15, 0.2) is 0 Å². The van der Waals surface area contributed by atoms with Gasteiger partial charge in [0, 0.05) is 4.88 Å². The molecule has 0 aromatic carbocycles. The lowest BCUT2D eigenvalue weighted by Gasteiger charge is -2.22. The zero-order valence-electron chi connectivity index (χ0n) is 8.30. The number of fused-ring (bicyclic) bond motifs is 3. The molecular formula is C10H13N3OS. The summed E-state index contributed by atoms with van der Waals surface area (Å²) in [6, 6.07) is 0. The number of rotatable bonds is 0. The Balaban J connectivity index is 2.12. The molecule has 1 aliphatic heterocycles. The Morgan fingerprint density at radius 2 is 2.07 bits per heavy atom. The molecule has 3 rings (SSSR count). The molecule has 1 aliphatic carbocycles. The van der Waals surface area contributed by atoms with Crippen molar-refractivity contribution in [3.8, 4) is 0 Å². The summed E-state index contributed by atoms with van der Waals surface area (Å²) in [4.78, 5) is 13.2. The predicted octanol–water partition coefficient (Wildman–Crippen LogP) is 1.02. The van der Waals surface area contributed by atoms with Crippen molar-refractivity contribution >= 4 is 22.2 Å². The number of carbonyl (C=O) groups excluding carboxylic acids is 1. The van der Waals surface area contributed by atoms with Crippen LogP contribution in [0, 0.1) is 0 Å². The first kappa shape index (κ1) is 9.18. The molecular weight excluding hydrogens is 210 g/mol. The lowest BCUT2D eigenvalue weighted by atomic mass is 9.95. The third kappa shape index (κ3) is 1.34. The van der Waals surface area contributed by atoms with E-state index in [1.165, 1.54) is 23.3 Å². The van der Waals surface area contributed by atoms with Crippen molar-refractivity contribution in [3.05, 3.63) is 16.0 Å². The summed E-state index contributed by atoms with van der Waals surface area (Å²) in [5.74, 6) is -0.0179. The summed E-state index contributed by atoms with van der Waals surface area (Å²) >= 11 is 1.69. The molecule has 0 fully saturated rings. The van der Waals surface area contributed by atoms with Gasteiger partial charge in [-0.1, -0.05) is 0 Å². The maximum absolute atomic E-state index is 11.8. The normalized spacial score (nSPS) is 23.8. The molecule has 4 nitrogen and oxygen atoms in total. The number of amides is 1. The van der Waals surface area contributed by atoms with Crippen LogP contribution in [0.1, 0.15) is 33.6 Å². The highest BCUT2D eigenvalue weighted by Gasteiger charge is 2.29. The van der Waals surface area contributed by atoms with Crippen LogP contribution >= 0.6 is 11.3 Å². The zero-order chi connectivity index (χ0) is 10.4. The molecule has 80 valence electrons. The molecule has 15 heavy (non-hydrogen) atoms. The van der Waals surface area contributed by atoms with Crippen molar-refractivity contribution in [2.75, 3.05) is 5.32 Å². The largest absolute Gasteiger partial charge is 0.344 e. The Hall–Kier alpha value is -1.07. The van der Waals surface area contributed by atoms with Crippen LogP contribution in [0.3, 0.4) is 0 Å². The van der Waals surface area contributed by atoms with Gasteiger partial charge in [0.2, 0.25) is 0 Å². The summed E-state index contributed by atoms with van der Waals surface area (Å²) in [6.45, 7) is 0. The molecule has 2 aliphatic rings. The van der Waals surface area contributed by atoms with Crippen LogP contribution in [0.25, 0.3) is 0 Å². The second kappa shape index (κ2) is 3.21. The van der Waals surface area contributed by atoms with Crippen molar-refractivity contribution in [1.82, 2.24) is 5.32 Å². The summed E-state index contributed by atoms with van der Waals surface area (Å²) in [5, 5.41) is 6.77. The summed E-state index contributed by atoms with van der Waals surface area (Å²) in [6.07, 6.45) is 4.13. The van der Waals surface area contributed by atoms with E-state index in [9.17, 15) is 4.79 Å². The minimum absolute atomic E-state index is 0.0179. The quantitative estimate of drug-likeness (QED) is 0.615. The van der Waals surface area contributed by atoms with Gasteiger partial charge in [-0.05, 0) is 31.2 Å². The first-order valence-corrected chi connectivity index (χ1v) is 6.05. The van der Waals surface area contributed by atoms with E-state index < -0.39 is 6.29 Å². The van der Waals surface area contributed by atoms with Crippen LogP contribution in [-0.2, 0) is 12.8 Å². The van der Waals surface area contributed by atoms with Gasteiger partial charge in [0.05, 0.1) is 5.56 Å². The minimum Gasteiger partial charge on any atom is -0.344 e. The second-order valence-corrected chi connectivity index (χ2v) is 5.12. The van der Waals surface area contributed by atoms with Crippen molar-refractivity contribution in [1.29, 1.82) is 0 Å². The van der Waals surface area contributed by atoms with Crippen LogP contribution in [0.5, 0.6) is 0 Å². The van der Waals surface area contributed by atoms with Crippen molar-refractivity contribution < 1.29 is 4.79 Å². The number of hydrogen-bond donors (Lipinski definition) is 3. The molecule has 5 heteroatoms. The van der Waals surface area contributed by atoms with E-state index >= 15 is 0 Å². The third-order valence-corrected chi connectivity index (χ3v) is 4.19. The summed E-state index contributed by atoms with van der Waals surface area (Å²) in [7, 11) is 0. The number of anilines is 1. The highest BCUT2D eigenvalue weighted by molar-refractivity contribution is 7.16. The van der Waals surface area contributed by atoms with Gasteiger partial charge in [0.1, 0.15) is 5.00 Å². The maximum atomic E-state index is 11.8. The fourth-order valence-corrected chi connectivity index (χ4v) is 3.62. The van der Waals surface area contributed by atoms with E-state index in [4.69, 9.17) is 5.73 Å². The van der Waals surface area contributed by atoms with Crippen molar-refractivity contribution in [3.63, 3.8) is 0 Å². The average Bonchev–Trinajstić information content (AvgIpc) is 2.54. The molecule has 1 unspecified atom stereocenters. The standard InChI is InChI=1S/C10H13N3OS/c11-10-12-8(14)7-5-3-1-2-4-6(5)15-9(7)13-10/h10,13H,1-4,11H2,(H,12,14). The molecule has 0 radical (unpaired) electrons. The Labute approximate surface area is 91.9 Å². The summed E-state index contributed by atoms with van der Waals surface area (Å²) < 4.78 is 0. The highest BCUT2D eigenvalue weighted by Crippen LogP contribution is 2.39. The number of aryl methyl sites for hydroxylation is 1. The maximum Gasteiger partial charge on any atom is 0.257 e. The number of nitrogens with one attached hydrogen (secondary N) is 2. The Morgan fingerprint density at radius 3 is 2.93 bits per heavy atom. The lowest BCUT2D eigenvalue weighted by Crippen LogP contribution is -2.50. The molecule has 2 heterocycles. The molecule has 0 spiro atoms. The fourth-order valence-electron chi connectivity index (χ4n) is 2.30. The Morgan fingerprint density at radius 1 is 1.27 bits per heavy atom. The molecule has 1 amide bonds. The first-order valence-electron chi connectivity index (χ1n) is 5.23. The van der Waals surface area contributed by atoms with E-state index in [0.717, 1.165) is 23.4 Å². The van der Waals surface area contributed by atoms with Gasteiger partial charge in [-0.3, -0.25) is 10.5 Å². The molecule has 1 aromatic rings. The van der Waals surface area contributed by atoms with Gasteiger partial charge < -0.3 is 10.6 Å². The van der Waals surface area contributed by atoms with Crippen LogP contribution in [0.4, 0.5) is 5.00 Å². The van der Waals surface area contributed by atoms with Crippen LogP contribution < -0.4 is 16.4 Å². The van der Waals surface area contributed by atoms with Gasteiger partial charge in [-0.25, -0.2) is 0 Å². The first-order chi connectivity index (χ1) is 7.25. The molecule has 0 saturated heterocycles. The molecule has 4 N–H and O–H groups in total. The Kier molecular flexibility index (Phi) is 1.97.